The normalized spacial score (nSPS) is 10.8. The van der Waals surface area contributed by atoms with E-state index >= 15 is 0 Å². The van der Waals surface area contributed by atoms with E-state index < -0.39 is 0 Å². The first-order valence-electron chi connectivity index (χ1n) is 8.21. The van der Waals surface area contributed by atoms with Crippen molar-refractivity contribution in [3.63, 3.8) is 0 Å². The first-order valence-corrected chi connectivity index (χ1v) is 9.57. The Bertz CT molecular complexity index is 892. The third kappa shape index (κ3) is 5.51. The second-order valence-electron chi connectivity index (χ2n) is 5.64. The van der Waals surface area contributed by atoms with Crippen LogP contribution in [0.2, 0.25) is 5.02 Å². The number of hydrogen-bond donors (Lipinski definition) is 1. The molecule has 0 saturated carbocycles. The van der Waals surface area contributed by atoms with Gasteiger partial charge < -0.3 is 5.32 Å². The molecule has 3 aromatic rings. The molecule has 0 atom stereocenters. The molecule has 0 aliphatic heterocycles. The maximum atomic E-state index is 12.0. The van der Waals surface area contributed by atoms with E-state index in [2.05, 4.69) is 17.4 Å². The molecule has 0 fully saturated rings. The zero-order chi connectivity index (χ0) is 18.2. The van der Waals surface area contributed by atoms with E-state index in [1.165, 1.54) is 16.5 Å². The lowest BCUT2D eigenvalue weighted by atomic mass is 10.2. The smallest absolute Gasteiger partial charge is 0.248 e. The number of amides is 1. The Balaban J connectivity index is 1.53. The lowest BCUT2D eigenvalue weighted by Gasteiger charge is -2.05. The molecule has 0 aliphatic rings. The van der Waals surface area contributed by atoms with Crippen LogP contribution in [0.1, 0.15) is 11.1 Å². The molecule has 4 heteroatoms. The number of carbonyl (C=O) groups excluding carboxylic acids is 1. The summed E-state index contributed by atoms with van der Waals surface area (Å²) in [4.78, 5) is 13.3. The van der Waals surface area contributed by atoms with Crippen LogP contribution in [0.25, 0.3) is 6.08 Å². The van der Waals surface area contributed by atoms with Crippen molar-refractivity contribution in [2.24, 2.45) is 0 Å². The van der Waals surface area contributed by atoms with Crippen molar-refractivity contribution >= 4 is 41.0 Å². The van der Waals surface area contributed by atoms with Crippen molar-refractivity contribution in [3.8, 4) is 0 Å². The van der Waals surface area contributed by atoms with Crippen LogP contribution in [-0.2, 0) is 10.5 Å². The summed E-state index contributed by atoms with van der Waals surface area (Å²) >= 11 is 7.86. The second kappa shape index (κ2) is 9.27. The number of halogens is 1. The molecule has 0 heterocycles. The minimum Gasteiger partial charge on any atom is -0.323 e. The van der Waals surface area contributed by atoms with Crippen LogP contribution >= 0.6 is 23.4 Å². The Morgan fingerprint density at radius 2 is 1.62 bits per heavy atom. The van der Waals surface area contributed by atoms with Crippen LogP contribution in [-0.4, -0.2) is 5.91 Å². The van der Waals surface area contributed by atoms with E-state index in [0.29, 0.717) is 5.02 Å². The highest BCUT2D eigenvalue weighted by Gasteiger charge is 2.01. The quantitative estimate of drug-likeness (QED) is 0.403. The largest absolute Gasteiger partial charge is 0.323 e. The molecule has 0 spiro atoms. The van der Waals surface area contributed by atoms with Crippen molar-refractivity contribution in [2.45, 2.75) is 10.6 Å². The van der Waals surface area contributed by atoms with E-state index in [9.17, 15) is 4.79 Å². The molecule has 2 nitrogen and oxygen atoms in total. The average Bonchev–Trinajstić information content (AvgIpc) is 2.68. The highest BCUT2D eigenvalue weighted by atomic mass is 35.5. The molecule has 1 amide bonds. The minimum absolute atomic E-state index is 0.184. The van der Waals surface area contributed by atoms with Crippen molar-refractivity contribution in [3.05, 3.63) is 101 Å². The molecule has 3 rings (SSSR count). The van der Waals surface area contributed by atoms with Crippen LogP contribution in [0.5, 0.6) is 0 Å². The molecule has 0 aromatic heterocycles. The van der Waals surface area contributed by atoms with Gasteiger partial charge in [-0.1, -0.05) is 60.1 Å². The van der Waals surface area contributed by atoms with Gasteiger partial charge in [0.15, 0.2) is 0 Å². The molecule has 0 bridgehead atoms. The summed E-state index contributed by atoms with van der Waals surface area (Å²) < 4.78 is 0. The lowest BCUT2D eigenvalue weighted by molar-refractivity contribution is -0.111. The van der Waals surface area contributed by atoms with E-state index in [1.807, 2.05) is 60.7 Å². The minimum atomic E-state index is -0.184. The highest BCUT2D eigenvalue weighted by Crippen LogP contribution is 2.23. The summed E-state index contributed by atoms with van der Waals surface area (Å²) in [6.07, 6.45) is 3.20. The second-order valence-corrected chi connectivity index (χ2v) is 7.10. The van der Waals surface area contributed by atoms with Gasteiger partial charge in [-0.15, -0.1) is 11.8 Å². The molecule has 130 valence electrons. The number of anilines is 1. The molecule has 0 unspecified atom stereocenters. The topological polar surface area (TPSA) is 29.1 Å². The van der Waals surface area contributed by atoms with Gasteiger partial charge in [0.2, 0.25) is 5.91 Å². The van der Waals surface area contributed by atoms with Gasteiger partial charge in [-0.3, -0.25) is 4.79 Å². The number of rotatable bonds is 6. The first kappa shape index (κ1) is 18.3. The Morgan fingerprint density at radius 3 is 2.35 bits per heavy atom. The molecule has 3 aromatic carbocycles. The standard InChI is InChI=1S/C22H18ClNOS/c23-21-9-5-4-6-18(21)12-15-22(25)24-19-13-10-17(11-14-19)16-26-20-7-2-1-3-8-20/h1-15H,16H2,(H,24,25)/b15-12+. The fraction of sp³-hybridized carbons (Fsp3) is 0.0455. The molecule has 1 N–H and O–H groups in total. The van der Waals surface area contributed by atoms with Gasteiger partial charge in [0.25, 0.3) is 0 Å². The van der Waals surface area contributed by atoms with E-state index in [1.54, 1.807) is 23.9 Å². The summed E-state index contributed by atoms with van der Waals surface area (Å²) in [7, 11) is 0. The Morgan fingerprint density at radius 1 is 0.923 bits per heavy atom. The zero-order valence-electron chi connectivity index (χ0n) is 14.1. The van der Waals surface area contributed by atoms with Gasteiger partial charge in [-0.2, -0.15) is 0 Å². The van der Waals surface area contributed by atoms with Crippen LogP contribution in [0.15, 0.2) is 89.8 Å². The zero-order valence-corrected chi connectivity index (χ0v) is 15.6. The molecular weight excluding hydrogens is 362 g/mol. The first-order chi connectivity index (χ1) is 12.7. The van der Waals surface area contributed by atoms with Crippen molar-refractivity contribution in [1.29, 1.82) is 0 Å². The third-order valence-corrected chi connectivity index (χ3v) is 5.12. The van der Waals surface area contributed by atoms with Crippen LogP contribution in [0.3, 0.4) is 0 Å². The Labute approximate surface area is 162 Å². The molecule has 0 aliphatic carbocycles. The van der Waals surface area contributed by atoms with Crippen molar-refractivity contribution < 1.29 is 4.79 Å². The third-order valence-electron chi connectivity index (χ3n) is 3.69. The van der Waals surface area contributed by atoms with Crippen molar-refractivity contribution in [2.75, 3.05) is 5.32 Å². The molecule has 26 heavy (non-hydrogen) atoms. The number of carbonyl (C=O) groups is 1. The SMILES string of the molecule is O=C(/C=C/c1ccccc1Cl)Nc1ccc(CSc2ccccc2)cc1. The van der Waals surface area contributed by atoms with Gasteiger partial charge in [0.05, 0.1) is 0 Å². The summed E-state index contributed by atoms with van der Waals surface area (Å²) in [5, 5.41) is 3.48. The summed E-state index contributed by atoms with van der Waals surface area (Å²) in [5.74, 6) is 0.710. The maximum Gasteiger partial charge on any atom is 0.248 e. The maximum absolute atomic E-state index is 12.0. The molecule has 0 saturated heterocycles. The van der Waals surface area contributed by atoms with Gasteiger partial charge in [0.1, 0.15) is 0 Å². The Kier molecular flexibility index (Phi) is 6.53. The predicted octanol–water partition coefficient (Wildman–Crippen LogP) is 6.28. The summed E-state index contributed by atoms with van der Waals surface area (Å²) in [6, 6.07) is 25.6. The summed E-state index contributed by atoms with van der Waals surface area (Å²) in [6.45, 7) is 0. The predicted molar refractivity (Wildman–Crippen MR) is 112 cm³/mol. The van der Waals surface area contributed by atoms with E-state index in [4.69, 9.17) is 11.6 Å². The number of nitrogens with one attached hydrogen (secondary N) is 1. The fourth-order valence-corrected chi connectivity index (χ4v) is 3.40. The highest BCUT2D eigenvalue weighted by molar-refractivity contribution is 7.98. The lowest BCUT2D eigenvalue weighted by Crippen LogP contribution is -2.07. The van der Waals surface area contributed by atoms with E-state index in [-0.39, 0.29) is 5.91 Å². The van der Waals surface area contributed by atoms with Crippen LogP contribution in [0.4, 0.5) is 5.69 Å². The monoisotopic (exact) mass is 379 g/mol. The number of hydrogen-bond acceptors (Lipinski definition) is 2. The van der Waals surface area contributed by atoms with Crippen LogP contribution < -0.4 is 5.32 Å². The Hall–Kier alpha value is -2.49. The van der Waals surface area contributed by atoms with Crippen LogP contribution in [0, 0.1) is 0 Å². The van der Waals surface area contributed by atoms with E-state index in [0.717, 1.165) is 17.0 Å². The molecule has 0 radical (unpaired) electrons. The number of benzene rings is 3. The molecular formula is C22H18ClNOS. The van der Waals surface area contributed by atoms with Gasteiger partial charge >= 0.3 is 0 Å². The fourth-order valence-electron chi connectivity index (χ4n) is 2.33. The van der Waals surface area contributed by atoms with Crippen molar-refractivity contribution in [1.82, 2.24) is 0 Å². The van der Waals surface area contributed by atoms with Gasteiger partial charge in [0, 0.05) is 27.4 Å². The number of thioether (sulfide) groups is 1. The van der Waals surface area contributed by atoms with Gasteiger partial charge in [-0.25, -0.2) is 0 Å². The summed E-state index contributed by atoms with van der Waals surface area (Å²) in [5.41, 5.74) is 2.80. The van der Waals surface area contributed by atoms with Gasteiger partial charge in [-0.05, 0) is 47.5 Å². The average molecular weight is 380 g/mol.